The molecule has 1 N–H and O–H groups in total. The van der Waals surface area contributed by atoms with Crippen molar-refractivity contribution in [3.8, 4) is 17.7 Å². The van der Waals surface area contributed by atoms with Crippen LogP contribution in [0.1, 0.15) is 35.3 Å². The molecule has 3 atom stereocenters. The Morgan fingerprint density at radius 1 is 1.32 bits per heavy atom. The van der Waals surface area contributed by atoms with Gasteiger partial charge in [0.15, 0.2) is 0 Å². The molecular weight excluding hydrogens is 434 g/mol. The molecule has 1 aromatic heterocycles. The molecule has 180 valence electrons. The number of rotatable bonds is 6. The van der Waals surface area contributed by atoms with E-state index in [4.69, 9.17) is 9.47 Å². The van der Waals surface area contributed by atoms with Crippen LogP contribution in [0.15, 0.2) is 42.6 Å². The van der Waals surface area contributed by atoms with E-state index in [0.29, 0.717) is 18.7 Å². The van der Waals surface area contributed by atoms with Crippen LogP contribution in [0.25, 0.3) is 0 Å². The first kappa shape index (κ1) is 25.2. The lowest BCUT2D eigenvalue weighted by atomic mass is 10.00. The first-order chi connectivity index (χ1) is 16.3. The summed E-state index contributed by atoms with van der Waals surface area (Å²) in [4.78, 5) is 33.3. The van der Waals surface area contributed by atoms with E-state index in [0.717, 1.165) is 5.56 Å². The smallest absolute Gasteiger partial charge is 0.259 e. The number of amides is 2. The number of methoxy groups -OCH3 is 1. The second-order valence-electron chi connectivity index (χ2n) is 8.52. The molecule has 0 saturated heterocycles. The molecule has 0 bridgehead atoms. The predicted octanol–water partition coefficient (Wildman–Crippen LogP) is 1.81. The summed E-state index contributed by atoms with van der Waals surface area (Å²) in [7, 11) is 3.16. The Morgan fingerprint density at radius 3 is 2.71 bits per heavy atom. The van der Waals surface area contributed by atoms with Gasteiger partial charge in [0.05, 0.1) is 19.2 Å². The summed E-state index contributed by atoms with van der Waals surface area (Å²) in [5.41, 5.74) is 1.71. The van der Waals surface area contributed by atoms with Crippen molar-refractivity contribution in [2.24, 2.45) is 5.92 Å². The van der Waals surface area contributed by atoms with Gasteiger partial charge in [0.2, 0.25) is 11.8 Å². The molecule has 0 aliphatic carbocycles. The minimum Gasteiger partial charge on any atom is -0.472 e. The molecule has 34 heavy (non-hydrogen) atoms. The van der Waals surface area contributed by atoms with Gasteiger partial charge in [-0.2, -0.15) is 0 Å². The van der Waals surface area contributed by atoms with E-state index in [2.05, 4.69) is 16.8 Å². The highest BCUT2D eigenvalue weighted by atomic mass is 16.5. The topological polar surface area (TPSA) is 92.2 Å². The third-order valence-electron chi connectivity index (χ3n) is 5.79. The average Bonchev–Trinajstić information content (AvgIpc) is 2.85. The van der Waals surface area contributed by atoms with Crippen LogP contribution >= 0.6 is 0 Å². The molecule has 8 heteroatoms. The molecule has 0 radical (unpaired) electrons. The Labute approximate surface area is 200 Å². The van der Waals surface area contributed by atoms with Gasteiger partial charge >= 0.3 is 0 Å². The normalized spacial score (nSPS) is 18.5. The number of fused-ring (bicyclic) bond motifs is 1. The van der Waals surface area contributed by atoms with Gasteiger partial charge in [-0.25, -0.2) is 4.98 Å². The Kier molecular flexibility index (Phi) is 8.63. The van der Waals surface area contributed by atoms with Gasteiger partial charge in [-0.3, -0.25) is 9.59 Å². The summed E-state index contributed by atoms with van der Waals surface area (Å²) < 4.78 is 11.1. The first-order valence-corrected chi connectivity index (χ1v) is 11.2. The largest absolute Gasteiger partial charge is 0.472 e. The van der Waals surface area contributed by atoms with E-state index in [1.54, 1.807) is 36.0 Å². The third kappa shape index (κ3) is 6.13. The molecule has 2 heterocycles. The monoisotopic (exact) mass is 465 g/mol. The fraction of sp³-hybridized carbons (Fsp3) is 0.423. The molecule has 1 aliphatic rings. The van der Waals surface area contributed by atoms with Crippen LogP contribution in [0.3, 0.4) is 0 Å². The second-order valence-corrected chi connectivity index (χ2v) is 8.52. The van der Waals surface area contributed by atoms with Gasteiger partial charge in [-0.15, -0.1) is 0 Å². The number of carbonyl (C=O) groups is 2. The van der Waals surface area contributed by atoms with Crippen molar-refractivity contribution in [1.82, 2.24) is 14.8 Å². The van der Waals surface area contributed by atoms with Crippen LogP contribution in [0.2, 0.25) is 0 Å². The fourth-order valence-corrected chi connectivity index (χ4v) is 3.66. The van der Waals surface area contributed by atoms with Crippen molar-refractivity contribution >= 4 is 11.8 Å². The lowest BCUT2D eigenvalue weighted by Gasteiger charge is -2.37. The van der Waals surface area contributed by atoms with Crippen molar-refractivity contribution in [3.05, 3.63) is 59.3 Å². The van der Waals surface area contributed by atoms with E-state index < -0.39 is 12.1 Å². The summed E-state index contributed by atoms with van der Waals surface area (Å²) in [6.45, 7) is 4.21. The maximum absolute atomic E-state index is 13.4. The second kappa shape index (κ2) is 11.6. The van der Waals surface area contributed by atoms with Crippen molar-refractivity contribution in [3.63, 3.8) is 0 Å². The molecule has 0 unspecified atom stereocenters. The molecule has 0 spiro atoms. The fourth-order valence-electron chi connectivity index (χ4n) is 3.66. The Balaban J connectivity index is 1.96. The maximum Gasteiger partial charge on any atom is 0.259 e. The number of pyridine rings is 1. The molecule has 2 aromatic rings. The van der Waals surface area contributed by atoms with Crippen LogP contribution in [0.4, 0.5) is 0 Å². The molecular formula is C26H31N3O5. The van der Waals surface area contributed by atoms with E-state index >= 15 is 0 Å². The van der Waals surface area contributed by atoms with Crippen molar-refractivity contribution in [1.29, 1.82) is 0 Å². The Bertz CT molecular complexity index is 1060. The van der Waals surface area contributed by atoms with E-state index in [-0.39, 0.29) is 42.4 Å². The van der Waals surface area contributed by atoms with Gasteiger partial charge in [0, 0.05) is 43.9 Å². The third-order valence-corrected chi connectivity index (χ3v) is 5.79. The number of likely N-dealkylation sites (N-methyl/N-ethyl adjacent to an activating group) is 1. The van der Waals surface area contributed by atoms with Gasteiger partial charge in [-0.1, -0.05) is 37.0 Å². The highest BCUT2D eigenvalue weighted by molar-refractivity contribution is 5.97. The zero-order chi connectivity index (χ0) is 24.7. The number of nitrogens with zero attached hydrogens (tertiary/aromatic N) is 3. The summed E-state index contributed by atoms with van der Waals surface area (Å²) in [6, 6.07) is 10.8. The molecule has 2 amide bonds. The minimum atomic E-state index is -0.417. The van der Waals surface area contributed by atoms with Crippen LogP contribution < -0.4 is 4.74 Å². The zero-order valence-corrected chi connectivity index (χ0v) is 20.0. The number of aromatic nitrogens is 1. The molecule has 8 nitrogen and oxygen atoms in total. The number of aliphatic hydroxyl groups excluding tert-OH is 1. The quantitative estimate of drug-likeness (QED) is 0.655. The molecule has 1 aliphatic heterocycles. The number of hydrogen-bond acceptors (Lipinski definition) is 6. The van der Waals surface area contributed by atoms with Gasteiger partial charge in [0.1, 0.15) is 18.3 Å². The van der Waals surface area contributed by atoms with E-state index in [9.17, 15) is 14.7 Å². The molecule has 0 fully saturated rings. The number of ether oxygens (including phenoxy) is 2. The summed E-state index contributed by atoms with van der Waals surface area (Å²) in [5, 5.41) is 9.78. The maximum atomic E-state index is 13.4. The van der Waals surface area contributed by atoms with Gasteiger partial charge < -0.3 is 24.4 Å². The molecule has 3 rings (SSSR count). The minimum absolute atomic E-state index is 0.0258. The Hall–Kier alpha value is -3.41. The standard InChI is InChI=1S/C26H31N3O5/c1-18-14-29(19(2)16-30)26(32)22-12-21(11-10-20-8-6-5-7-9-20)13-27-25(22)34-23(18)15-28(3)24(31)17-33-4/h5-9,12-13,18-19,23,30H,14-17H2,1-4H3/t18-,19+,23-/m0/s1. The highest BCUT2D eigenvalue weighted by Crippen LogP contribution is 2.27. The van der Waals surface area contributed by atoms with E-state index in [1.807, 2.05) is 37.3 Å². The van der Waals surface area contributed by atoms with Crippen molar-refractivity contribution in [2.45, 2.75) is 26.0 Å². The van der Waals surface area contributed by atoms with Gasteiger partial charge in [-0.05, 0) is 25.1 Å². The van der Waals surface area contributed by atoms with Crippen molar-refractivity contribution in [2.75, 3.05) is 40.5 Å². The zero-order valence-electron chi connectivity index (χ0n) is 20.0. The van der Waals surface area contributed by atoms with Gasteiger partial charge in [0.25, 0.3) is 5.91 Å². The lowest BCUT2D eigenvalue weighted by molar-refractivity contribution is -0.135. The van der Waals surface area contributed by atoms with E-state index in [1.165, 1.54) is 7.11 Å². The number of hydrogen-bond donors (Lipinski definition) is 1. The average molecular weight is 466 g/mol. The number of benzene rings is 1. The molecule has 1 aromatic carbocycles. The summed E-state index contributed by atoms with van der Waals surface area (Å²) in [6.07, 6.45) is 1.16. The first-order valence-electron chi connectivity index (χ1n) is 11.2. The van der Waals surface area contributed by atoms with Crippen LogP contribution in [0.5, 0.6) is 5.88 Å². The van der Waals surface area contributed by atoms with Crippen LogP contribution in [-0.2, 0) is 9.53 Å². The lowest BCUT2D eigenvalue weighted by Crippen LogP contribution is -2.50. The number of aliphatic hydroxyl groups is 1. The predicted molar refractivity (Wildman–Crippen MR) is 127 cm³/mol. The van der Waals surface area contributed by atoms with Crippen LogP contribution in [0, 0.1) is 17.8 Å². The van der Waals surface area contributed by atoms with Crippen molar-refractivity contribution < 1.29 is 24.2 Å². The summed E-state index contributed by atoms with van der Waals surface area (Å²) in [5.74, 6) is 5.74. The Morgan fingerprint density at radius 2 is 2.03 bits per heavy atom. The molecule has 0 saturated carbocycles. The number of carbonyl (C=O) groups excluding carboxylic acids is 2. The van der Waals surface area contributed by atoms with Crippen LogP contribution in [-0.4, -0.2) is 84.3 Å². The SMILES string of the molecule is COCC(=O)N(C)C[C@@H]1Oc2ncc(C#Cc3ccccc3)cc2C(=O)N([C@H](C)CO)C[C@@H]1C. The highest BCUT2D eigenvalue weighted by Gasteiger charge is 2.34. The summed E-state index contributed by atoms with van der Waals surface area (Å²) >= 11 is 0.